The third-order valence-electron chi connectivity index (χ3n) is 7.56. The highest BCUT2D eigenvalue weighted by Gasteiger charge is 2.37. The van der Waals surface area contributed by atoms with Crippen LogP contribution < -0.4 is 0 Å². The Hall–Kier alpha value is -4.42. The van der Waals surface area contributed by atoms with Gasteiger partial charge in [-0.15, -0.1) is 0 Å². The molecule has 8 rings (SSSR count). The second kappa shape index (κ2) is 6.56. The minimum Gasteiger partial charge on any atom is -0.0622 e. The van der Waals surface area contributed by atoms with Gasteiger partial charge in [-0.1, -0.05) is 121 Å². The molecule has 5 aromatic carbocycles. The van der Waals surface area contributed by atoms with Gasteiger partial charge in [0, 0.05) is 0 Å². The molecule has 0 radical (unpaired) electrons. The molecule has 0 heterocycles. The van der Waals surface area contributed by atoms with E-state index in [1.165, 1.54) is 77.6 Å². The van der Waals surface area contributed by atoms with Crippen LogP contribution in [-0.2, 0) is 0 Å². The van der Waals surface area contributed by atoms with Crippen molar-refractivity contribution < 1.29 is 0 Å². The molecular formula is C34H20. The molecule has 0 fully saturated rings. The molecule has 34 heavy (non-hydrogen) atoms. The van der Waals surface area contributed by atoms with Gasteiger partial charge in [-0.2, -0.15) is 0 Å². The molecule has 156 valence electrons. The van der Waals surface area contributed by atoms with Crippen molar-refractivity contribution in [3.05, 3.63) is 154 Å². The Morgan fingerprint density at radius 1 is 0.324 bits per heavy atom. The minimum absolute atomic E-state index is 1.28. The molecule has 0 unspecified atom stereocenters. The Morgan fingerprint density at radius 3 is 1.59 bits per heavy atom. The molecule has 0 nitrogen and oxygen atoms in total. The van der Waals surface area contributed by atoms with Crippen LogP contribution in [0.15, 0.2) is 109 Å². The lowest BCUT2D eigenvalue weighted by Gasteiger charge is -2.14. The average Bonchev–Trinajstić information content (AvgIpc) is 3.56. The Labute approximate surface area is 198 Å². The van der Waals surface area contributed by atoms with Crippen molar-refractivity contribution in [3.8, 4) is 0 Å². The molecule has 5 aromatic rings. The normalized spacial score (nSPS) is 14.7. The van der Waals surface area contributed by atoms with Gasteiger partial charge >= 0.3 is 0 Å². The van der Waals surface area contributed by atoms with Crippen molar-refractivity contribution >= 4 is 45.2 Å². The largest absolute Gasteiger partial charge is 0.0622 e. The highest BCUT2D eigenvalue weighted by molar-refractivity contribution is 6.36. The molecule has 0 aromatic heterocycles. The van der Waals surface area contributed by atoms with Gasteiger partial charge in [0.25, 0.3) is 0 Å². The lowest BCUT2D eigenvalue weighted by atomic mass is 9.89. The monoisotopic (exact) mass is 428 g/mol. The molecule has 0 atom stereocenters. The fraction of sp³-hybridized carbons (Fsp3) is 0. The lowest BCUT2D eigenvalue weighted by Crippen LogP contribution is -1.94. The molecule has 0 saturated carbocycles. The van der Waals surface area contributed by atoms with Crippen molar-refractivity contribution in [3.63, 3.8) is 0 Å². The van der Waals surface area contributed by atoms with Gasteiger partial charge in [0.2, 0.25) is 0 Å². The predicted octanol–water partition coefficient (Wildman–Crippen LogP) is 8.57. The van der Waals surface area contributed by atoms with Crippen molar-refractivity contribution in [2.75, 3.05) is 0 Å². The summed E-state index contributed by atoms with van der Waals surface area (Å²) in [5.74, 6) is 0. The molecule has 0 amide bonds. The van der Waals surface area contributed by atoms with E-state index in [1.807, 2.05) is 0 Å². The summed E-state index contributed by atoms with van der Waals surface area (Å²) in [5.41, 5.74) is 16.0. The van der Waals surface area contributed by atoms with Crippen LogP contribution in [0.25, 0.3) is 45.2 Å². The zero-order valence-electron chi connectivity index (χ0n) is 18.5. The average molecular weight is 429 g/mol. The number of fused-ring (bicyclic) bond motifs is 5. The Morgan fingerprint density at radius 2 is 0.882 bits per heavy atom. The van der Waals surface area contributed by atoms with Gasteiger partial charge in [-0.3, -0.25) is 0 Å². The van der Waals surface area contributed by atoms with Gasteiger partial charge < -0.3 is 0 Å². The third-order valence-corrected chi connectivity index (χ3v) is 7.56. The summed E-state index contributed by atoms with van der Waals surface area (Å²) >= 11 is 0. The lowest BCUT2D eigenvalue weighted by molar-refractivity contribution is 1.53. The highest BCUT2D eigenvalue weighted by Crippen LogP contribution is 2.59. The first-order chi connectivity index (χ1) is 16.9. The van der Waals surface area contributed by atoms with E-state index in [-0.39, 0.29) is 0 Å². The van der Waals surface area contributed by atoms with Crippen LogP contribution in [0.5, 0.6) is 0 Å². The number of rotatable bonds is 2. The Bertz CT molecular complexity index is 1760. The number of hydrogen-bond donors (Lipinski definition) is 0. The van der Waals surface area contributed by atoms with Gasteiger partial charge in [-0.25, -0.2) is 0 Å². The van der Waals surface area contributed by atoms with E-state index in [4.69, 9.17) is 0 Å². The first-order valence-electron chi connectivity index (χ1n) is 11.9. The quantitative estimate of drug-likeness (QED) is 0.259. The first kappa shape index (κ1) is 18.1. The van der Waals surface area contributed by atoms with Gasteiger partial charge in [-0.05, 0) is 77.6 Å². The first-order valence-corrected chi connectivity index (χ1v) is 11.9. The third kappa shape index (κ3) is 2.23. The Balaban J connectivity index is 1.55. The zero-order valence-corrected chi connectivity index (χ0v) is 18.5. The van der Waals surface area contributed by atoms with E-state index in [0.29, 0.717) is 0 Å². The zero-order chi connectivity index (χ0) is 22.2. The van der Waals surface area contributed by atoms with Crippen LogP contribution in [0.1, 0.15) is 44.5 Å². The maximum Gasteiger partial charge on any atom is -0.000741 e. The molecule has 0 N–H and O–H groups in total. The molecule has 3 aliphatic rings. The smallest absolute Gasteiger partial charge is 0.000741 e. The summed E-state index contributed by atoms with van der Waals surface area (Å²) in [6.07, 6.45) is 4.48. The second-order valence-corrected chi connectivity index (χ2v) is 9.26. The van der Waals surface area contributed by atoms with Gasteiger partial charge in [0.15, 0.2) is 0 Å². The summed E-state index contributed by atoms with van der Waals surface area (Å²) in [6.45, 7) is 0. The van der Waals surface area contributed by atoms with Crippen LogP contribution in [0.2, 0.25) is 0 Å². The van der Waals surface area contributed by atoms with E-state index >= 15 is 0 Å². The summed E-state index contributed by atoms with van der Waals surface area (Å²) in [5, 5.41) is 2.71. The number of benzene rings is 5. The topological polar surface area (TPSA) is 0 Å². The fourth-order valence-corrected chi connectivity index (χ4v) is 6.22. The van der Waals surface area contributed by atoms with E-state index in [1.54, 1.807) is 0 Å². The summed E-state index contributed by atoms with van der Waals surface area (Å²) < 4.78 is 0. The van der Waals surface area contributed by atoms with E-state index < -0.39 is 0 Å². The number of hydrogen-bond acceptors (Lipinski definition) is 0. The van der Waals surface area contributed by atoms with Crippen molar-refractivity contribution in [2.45, 2.75) is 0 Å². The standard InChI is InChI=1S/C34H20/c1-2-9-21(10-3-1)31-25-12-4-6-14-27(25)34-32(26-13-5-7-15-28(26)33(31)34)29-20-19-23-18-17-22-11-8-16-24(29)30(22)23/h1-20H. The summed E-state index contributed by atoms with van der Waals surface area (Å²) in [4.78, 5) is 0. The van der Waals surface area contributed by atoms with Crippen LogP contribution in [0.4, 0.5) is 0 Å². The SMILES string of the molecule is C1=Cc2ccc(C3=C4C(=C(c5ccccc5)c5ccccc54)c4ccccc43)c3cccc1c23. The maximum absolute atomic E-state index is 2.34. The van der Waals surface area contributed by atoms with Crippen molar-refractivity contribution in [1.82, 2.24) is 0 Å². The predicted molar refractivity (Wildman–Crippen MR) is 144 cm³/mol. The highest BCUT2D eigenvalue weighted by atomic mass is 14.4. The summed E-state index contributed by atoms with van der Waals surface area (Å²) in [6, 6.07) is 40.1. The Kier molecular flexibility index (Phi) is 3.48. The van der Waals surface area contributed by atoms with Crippen LogP contribution >= 0.6 is 0 Å². The molecule has 0 bridgehead atoms. The van der Waals surface area contributed by atoms with Crippen LogP contribution in [0, 0.1) is 0 Å². The van der Waals surface area contributed by atoms with Crippen molar-refractivity contribution in [1.29, 1.82) is 0 Å². The maximum atomic E-state index is 2.34. The molecule has 0 saturated heterocycles. The van der Waals surface area contributed by atoms with E-state index in [9.17, 15) is 0 Å². The second-order valence-electron chi connectivity index (χ2n) is 9.26. The molecular weight excluding hydrogens is 408 g/mol. The van der Waals surface area contributed by atoms with Crippen LogP contribution in [-0.4, -0.2) is 0 Å². The molecule has 0 aliphatic heterocycles. The molecule has 0 spiro atoms. The summed E-state index contributed by atoms with van der Waals surface area (Å²) in [7, 11) is 0. The van der Waals surface area contributed by atoms with E-state index in [2.05, 4.69) is 121 Å². The molecule has 3 aliphatic carbocycles. The fourth-order valence-electron chi connectivity index (χ4n) is 6.22. The van der Waals surface area contributed by atoms with Gasteiger partial charge in [0.1, 0.15) is 0 Å². The van der Waals surface area contributed by atoms with E-state index in [0.717, 1.165) is 0 Å². The van der Waals surface area contributed by atoms with Gasteiger partial charge in [0.05, 0.1) is 0 Å². The van der Waals surface area contributed by atoms with Crippen LogP contribution in [0.3, 0.4) is 0 Å². The van der Waals surface area contributed by atoms with Crippen molar-refractivity contribution in [2.24, 2.45) is 0 Å². The molecule has 0 heteroatoms. The number of allylic oxidation sites excluding steroid dienone is 2. The minimum atomic E-state index is 1.28.